The fourth-order valence-electron chi connectivity index (χ4n) is 2.96. The summed E-state index contributed by atoms with van der Waals surface area (Å²) in [5, 5.41) is 6.99. The second kappa shape index (κ2) is 8.85. The number of aromatic nitrogens is 2. The number of carbonyl (C=O) groups excluding carboxylic acids is 1. The predicted octanol–water partition coefficient (Wildman–Crippen LogP) is 3.17. The number of nitrogens with zero attached hydrogens (tertiary/aromatic N) is 3. The molecule has 0 aliphatic heterocycles. The highest BCUT2D eigenvalue weighted by Gasteiger charge is 2.29. The summed E-state index contributed by atoms with van der Waals surface area (Å²) in [6, 6.07) is 13.0. The number of rotatable bonds is 7. The van der Waals surface area contributed by atoms with Crippen LogP contribution < -0.4 is 9.62 Å². The van der Waals surface area contributed by atoms with Gasteiger partial charge in [0.05, 0.1) is 23.5 Å². The Morgan fingerprint density at radius 3 is 2.63 bits per heavy atom. The van der Waals surface area contributed by atoms with Gasteiger partial charge in [-0.05, 0) is 43.7 Å². The zero-order chi connectivity index (χ0) is 21.9. The van der Waals surface area contributed by atoms with Crippen molar-refractivity contribution in [1.82, 2.24) is 15.5 Å². The van der Waals surface area contributed by atoms with Gasteiger partial charge in [0.15, 0.2) is 0 Å². The SMILES string of the molecule is Cc1cccc(N(C(C)C(=O)NCc2nc(-c3ccccc3Cl)no2)S(C)(=O)=O)c1. The lowest BCUT2D eigenvalue weighted by molar-refractivity contribution is -0.122. The van der Waals surface area contributed by atoms with Crippen molar-refractivity contribution in [2.75, 3.05) is 10.6 Å². The van der Waals surface area contributed by atoms with Gasteiger partial charge in [0.2, 0.25) is 27.6 Å². The third-order valence-corrected chi connectivity index (χ3v) is 5.91. The molecule has 30 heavy (non-hydrogen) atoms. The molecule has 1 N–H and O–H groups in total. The summed E-state index contributed by atoms with van der Waals surface area (Å²) < 4.78 is 30.9. The van der Waals surface area contributed by atoms with E-state index >= 15 is 0 Å². The second-order valence-corrected chi connectivity index (χ2v) is 9.05. The van der Waals surface area contributed by atoms with Crippen LogP contribution in [-0.4, -0.2) is 36.8 Å². The van der Waals surface area contributed by atoms with E-state index in [1.54, 1.807) is 42.5 Å². The van der Waals surface area contributed by atoms with Crippen LogP contribution in [0.4, 0.5) is 5.69 Å². The molecular formula is C20H21ClN4O4S. The molecule has 0 bridgehead atoms. The average molecular weight is 449 g/mol. The topological polar surface area (TPSA) is 105 Å². The largest absolute Gasteiger partial charge is 0.345 e. The number of anilines is 1. The summed E-state index contributed by atoms with van der Waals surface area (Å²) in [5.74, 6) is -0.0261. The van der Waals surface area contributed by atoms with Gasteiger partial charge in [-0.15, -0.1) is 0 Å². The van der Waals surface area contributed by atoms with E-state index in [1.807, 2.05) is 13.0 Å². The first-order valence-corrected chi connectivity index (χ1v) is 11.3. The molecule has 1 unspecified atom stereocenters. The Balaban J connectivity index is 1.73. The predicted molar refractivity (Wildman–Crippen MR) is 115 cm³/mol. The van der Waals surface area contributed by atoms with Crippen LogP contribution >= 0.6 is 11.6 Å². The van der Waals surface area contributed by atoms with Crippen molar-refractivity contribution < 1.29 is 17.7 Å². The smallest absolute Gasteiger partial charge is 0.246 e. The van der Waals surface area contributed by atoms with Crippen molar-refractivity contribution in [1.29, 1.82) is 0 Å². The second-order valence-electron chi connectivity index (χ2n) is 6.78. The number of carbonyl (C=O) groups is 1. The van der Waals surface area contributed by atoms with Crippen LogP contribution in [0.3, 0.4) is 0 Å². The molecule has 0 saturated carbocycles. The fourth-order valence-corrected chi connectivity index (χ4v) is 4.35. The molecule has 10 heteroatoms. The first kappa shape index (κ1) is 21.8. The molecule has 0 spiro atoms. The maximum atomic E-state index is 12.7. The number of benzene rings is 2. The van der Waals surface area contributed by atoms with Gasteiger partial charge in [-0.2, -0.15) is 4.98 Å². The molecule has 0 saturated heterocycles. The van der Waals surface area contributed by atoms with Crippen molar-refractivity contribution in [2.24, 2.45) is 0 Å². The molecule has 2 aromatic carbocycles. The molecule has 1 atom stereocenters. The zero-order valence-corrected chi connectivity index (χ0v) is 18.2. The number of hydrogen-bond acceptors (Lipinski definition) is 6. The van der Waals surface area contributed by atoms with Crippen LogP contribution in [0, 0.1) is 6.92 Å². The van der Waals surface area contributed by atoms with Crippen LogP contribution in [0.25, 0.3) is 11.4 Å². The summed E-state index contributed by atoms with van der Waals surface area (Å²) in [5.41, 5.74) is 1.90. The minimum absolute atomic E-state index is 0.0496. The standard InChI is InChI=1S/C20H21ClN4O4S/c1-13-7-6-8-15(11-13)25(30(3,27)28)14(2)20(26)22-12-18-23-19(24-29-18)16-9-4-5-10-17(16)21/h4-11,14H,12H2,1-3H3,(H,22,26). The van der Waals surface area contributed by atoms with Crippen molar-refractivity contribution in [3.05, 3.63) is 65.0 Å². The van der Waals surface area contributed by atoms with Crippen molar-refractivity contribution in [2.45, 2.75) is 26.4 Å². The van der Waals surface area contributed by atoms with Crippen molar-refractivity contribution >= 4 is 33.2 Å². The molecule has 0 aliphatic carbocycles. The van der Waals surface area contributed by atoms with Gasteiger partial charge >= 0.3 is 0 Å². The first-order valence-electron chi connectivity index (χ1n) is 9.08. The minimum Gasteiger partial charge on any atom is -0.345 e. The Bertz CT molecular complexity index is 1160. The van der Waals surface area contributed by atoms with E-state index in [0.717, 1.165) is 16.1 Å². The van der Waals surface area contributed by atoms with Gasteiger partial charge in [-0.25, -0.2) is 8.42 Å². The number of sulfonamides is 1. The summed E-state index contributed by atoms with van der Waals surface area (Å²) in [6.07, 6.45) is 1.06. The summed E-state index contributed by atoms with van der Waals surface area (Å²) in [4.78, 5) is 16.9. The molecule has 1 aromatic heterocycles. The number of amides is 1. The van der Waals surface area contributed by atoms with Gasteiger partial charge in [-0.1, -0.05) is 41.0 Å². The Kier molecular flexibility index (Phi) is 6.42. The van der Waals surface area contributed by atoms with E-state index in [1.165, 1.54) is 6.92 Å². The number of hydrogen-bond donors (Lipinski definition) is 1. The van der Waals surface area contributed by atoms with Gasteiger partial charge in [0.25, 0.3) is 0 Å². The maximum absolute atomic E-state index is 12.7. The molecule has 0 aliphatic rings. The number of nitrogens with one attached hydrogen (secondary N) is 1. The summed E-state index contributed by atoms with van der Waals surface area (Å²) >= 11 is 6.13. The molecular weight excluding hydrogens is 428 g/mol. The van der Waals surface area contributed by atoms with E-state index in [2.05, 4.69) is 15.5 Å². The molecule has 1 heterocycles. The number of aryl methyl sites for hydroxylation is 1. The van der Waals surface area contributed by atoms with Gasteiger partial charge in [0, 0.05) is 5.56 Å². The Hall–Kier alpha value is -2.91. The Morgan fingerprint density at radius 2 is 1.97 bits per heavy atom. The minimum atomic E-state index is -3.69. The molecule has 3 aromatic rings. The molecule has 8 nitrogen and oxygen atoms in total. The van der Waals surface area contributed by atoms with E-state index in [4.69, 9.17) is 16.1 Å². The van der Waals surface area contributed by atoms with Crippen LogP contribution in [0.2, 0.25) is 5.02 Å². The summed E-state index contributed by atoms with van der Waals surface area (Å²) in [7, 11) is -3.69. The normalized spacial score (nSPS) is 12.4. The molecule has 1 amide bonds. The van der Waals surface area contributed by atoms with E-state index in [-0.39, 0.29) is 12.4 Å². The quantitative estimate of drug-likeness (QED) is 0.595. The van der Waals surface area contributed by atoms with Crippen molar-refractivity contribution in [3.8, 4) is 11.4 Å². The van der Waals surface area contributed by atoms with Crippen LogP contribution in [0.15, 0.2) is 53.1 Å². The van der Waals surface area contributed by atoms with Crippen LogP contribution in [0.5, 0.6) is 0 Å². The van der Waals surface area contributed by atoms with Crippen molar-refractivity contribution in [3.63, 3.8) is 0 Å². The maximum Gasteiger partial charge on any atom is 0.246 e. The monoisotopic (exact) mass is 448 g/mol. The molecule has 0 fully saturated rings. The lowest BCUT2D eigenvalue weighted by Crippen LogP contribution is -2.47. The van der Waals surface area contributed by atoms with E-state index in [9.17, 15) is 13.2 Å². The van der Waals surface area contributed by atoms with E-state index in [0.29, 0.717) is 22.1 Å². The van der Waals surface area contributed by atoms with Gasteiger partial charge in [0.1, 0.15) is 6.04 Å². The lowest BCUT2D eigenvalue weighted by atomic mass is 10.2. The highest BCUT2D eigenvalue weighted by molar-refractivity contribution is 7.92. The Morgan fingerprint density at radius 1 is 1.23 bits per heavy atom. The zero-order valence-electron chi connectivity index (χ0n) is 16.7. The van der Waals surface area contributed by atoms with Crippen LogP contribution in [0.1, 0.15) is 18.4 Å². The molecule has 3 rings (SSSR count). The van der Waals surface area contributed by atoms with E-state index < -0.39 is 22.0 Å². The fraction of sp³-hybridized carbons (Fsp3) is 0.250. The van der Waals surface area contributed by atoms with Crippen LogP contribution in [-0.2, 0) is 21.4 Å². The average Bonchev–Trinajstić information content (AvgIpc) is 3.14. The summed E-state index contributed by atoms with van der Waals surface area (Å²) in [6.45, 7) is 3.31. The third-order valence-electron chi connectivity index (χ3n) is 4.34. The first-order chi connectivity index (χ1) is 14.2. The van der Waals surface area contributed by atoms with Gasteiger partial charge < -0.3 is 9.84 Å². The highest BCUT2D eigenvalue weighted by Crippen LogP contribution is 2.25. The lowest BCUT2D eigenvalue weighted by Gasteiger charge is -2.28. The number of halogens is 1. The molecule has 158 valence electrons. The highest BCUT2D eigenvalue weighted by atomic mass is 35.5. The molecule has 0 radical (unpaired) electrons. The third kappa shape index (κ3) is 4.98. The van der Waals surface area contributed by atoms with Gasteiger partial charge in [-0.3, -0.25) is 9.10 Å². The Labute approximate surface area is 179 Å².